The fourth-order valence-corrected chi connectivity index (χ4v) is 3.12. The van der Waals surface area contributed by atoms with E-state index in [9.17, 15) is 19.5 Å². The summed E-state index contributed by atoms with van der Waals surface area (Å²) in [6, 6.07) is 9.24. The Morgan fingerprint density at radius 1 is 1.22 bits per heavy atom. The maximum atomic E-state index is 13.0. The van der Waals surface area contributed by atoms with E-state index in [1.165, 1.54) is 6.08 Å². The summed E-state index contributed by atoms with van der Waals surface area (Å²) < 4.78 is 0. The molecule has 0 fully saturated rings. The molecule has 2 unspecified atom stereocenters. The number of aliphatic carboxylic acids is 1. The van der Waals surface area contributed by atoms with Gasteiger partial charge in [0.15, 0.2) is 5.78 Å². The fourth-order valence-electron chi connectivity index (χ4n) is 3.12. The van der Waals surface area contributed by atoms with E-state index in [1.807, 2.05) is 30.3 Å². The first-order valence-corrected chi connectivity index (χ1v) is 8.99. The van der Waals surface area contributed by atoms with E-state index in [-0.39, 0.29) is 25.8 Å². The summed E-state index contributed by atoms with van der Waals surface area (Å²) in [5.41, 5.74) is 9.06. The van der Waals surface area contributed by atoms with Crippen LogP contribution in [0.3, 0.4) is 0 Å². The van der Waals surface area contributed by atoms with Crippen molar-refractivity contribution in [2.75, 3.05) is 6.54 Å². The number of benzene rings is 1. The summed E-state index contributed by atoms with van der Waals surface area (Å²) in [5.74, 6) is -1.78. The van der Waals surface area contributed by atoms with Crippen LogP contribution < -0.4 is 16.8 Å². The van der Waals surface area contributed by atoms with E-state index in [2.05, 4.69) is 11.9 Å². The number of nitrogens with two attached hydrogens (primary N) is 2. The van der Waals surface area contributed by atoms with Crippen LogP contribution in [0.15, 0.2) is 43.0 Å². The smallest absolute Gasteiger partial charge is 0.326 e. The zero-order valence-corrected chi connectivity index (χ0v) is 15.5. The largest absolute Gasteiger partial charge is 0.480 e. The van der Waals surface area contributed by atoms with E-state index in [1.54, 1.807) is 0 Å². The average Bonchev–Trinajstić information content (AvgIpc) is 2.67. The maximum absolute atomic E-state index is 13.0. The van der Waals surface area contributed by atoms with Crippen molar-refractivity contribution in [3.63, 3.8) is 0 Å². The molecule has 148 valence electrons. The Hall–Kier alpha value is -2.35. The molecule has 0 bridgehead atoms. The third-order valence-electron chi connectivity index (χ3n) is 4.76. The minimum absolute atomic E-state index is 0.0139. The number of nitrogens with one attached hydrogen (secondary N) is 1. The molecule has 0 saturated heterocycles. The Morgan fingerprint density at radius 2 is 1.89 bits per heavy atom. The first-order chi connectivity index (χ1) is 12.9. The Morgan fingerprint density at radius 3 is 2.41 bits per heavy atom. The molecule has 6 N–H and O–H groups in total. The maximum Gasteiger partial charge on any atom is 0.326 e. The number of ketones is 1. The van der Waals surface area contributed by atoms with Crippen molar-refractivity contribution in [3.05, 3.63) is 48.6 Å². The molecule has 0 aliphatic carbocycles. The Labute approximate surface area is 159 Å². The minimum atomic E-state index is -1.92. The quantitative estimate of drug-likeness (QED) is 0.218. The van der Waals surface area contributed by atoms with Gasteiger partial charge in [-0.05, 0) is 31.4 Å². The van der Waals surface area contributed by atoms with E-state index in [0.717, 1.165) is 5.56 Å². The zero-order valence-electron chi connectivity index (χ0n) is 15.5. The van der Waals surface area contributed by atoms with Crippen molar-refractivity contribution in [2.45, 2.75) is 49.7 Å². The van der Waals surface area contributed by atoms with Gasteiger partial charge < -0.3 is 21.4 Å². The van der Waals surface area contributed by atoms with Gasteiger partial charge in [0.25, 0.3) is 0 Å². The Kier molecular flexibility index (Phi) is 9.00. The van der Waals surface area contributed by atoms with Gasteiger partial charge in [0.05, 0.1) is 0 Å². The lowest BCUT2D eigenvalue weighted by Gasteiger charge is -2.43. The third-order valence-corrected chi connectivity index (χ3v) is 4.76. The van der Waals surface area contributed by atoms with Crippen LogP contribution in [0.1, 0.15) is 37.7 Å². The molecule has 27 heavy (non-hydrogen) atoms. The summed E-state index contributed by atoms with van der Waals surface area (Å²) in [4.78, 5) is 35.9. The molecule has 0 radical (unpaired) electrons. The predicted molar refractivity (Wildman–Crippen MR) is 104 cm³/mol. The SMILES string of the molecule is C=CC(NCc1ccccc1)(C(=O)CCC=O)C(N)(CCCCN)C(=O)O. The molecule has 1 aromatic carbocycles. The van der Waals surface area contributed by atoms with Crippen molar-refractivity contribution in [1.82, 2.24) is 5.32 Å². The number of hydrogen-bond acceptors (Lipinski definition) is 6. The summed E-state index contributed by atoms with van der Waals surface area (Å²) in [6.45, 7) is 4.33. The molecule has 0 saturated carbocycles. The van der Waals surface area contributed by atoms with Gasteiger partial charge in [-0.25, -0.2) is 0 Å². The second kappa shape index (κ2) is 10.7. The average molecular weight is 375 g/mol. The molecule has 2 atom stereocenters. The van der Waals surface area contributed by atoms with Gasteiger partial charge in [-0.1, -0.05) is 36.4 Å². The number of unbranched alkanes of at least 4 members (excludes halogenated alkanes) is 1. The third kappa shape index (κ3) is 5.32. The first kappa shape index (κ1) is 22.7. The number of carbonyl (C=O) groups is 3. The number of rotatable bonds is 14. The van der Waals surface area contributed by atoms with Crippen LogP contribution >= 0.6 is 0 Å². The summed E-state index contributed by atoms with van der Waals surface area (Å²) in [7, 11) is 0. The monoisotopic (exact) mass is 375 g/mol. The normalized spacial score (nSPS) is 15.3. The van der Waals surface area contributed by atoms with Crippen molar-refractivity contribution < 1.29 is 19.5 Å². The standard InChI is InChI=1S/C20H29N3O4/c1-2-20(17(25)11-8-14-24,23-15-16-9-4-3-5-10-16)19(22,18(26)27)12-6-7-13-21/h2-5,9-10,14,23H,1,6-8,11-13,15,21-22H2,(H,26,27). The van der Waals surface area contributed by atoms with Crippen LogP contribution in [0.5, 0.6) is 0 Å². The highest BCUT2D eigenvalue weighted by Gasteiger charge is 2.56. The highest BCUT2D eigenvalue weighted by molar-refractivity contribution is 6.00. The van der Waals surface area contributed by atoms with Crippen LogP contribution in [0.4, 0.5) is 0 Å². The van der Waals surface area contributed by atoms with Crippen LogP contribution in [0, 0.1) is 0 Å². The molecule has 7 heteroatoms. The molecular weight excluding hydrogens is 346 g/mol. The molecule has 0 aliphatic rings. The second-order valence-corrected chi connectivity index (χ2v) is 6.50. The van der Waals surface area contributed by atoms with Gasteiger partial charge in [-0.2, -0.15) is 0 Å². The summed E-state index contributed by atoms with van der Waals surface area (Å²) in [6.07, 6.45) is 2.82. The lowest BCUT2D eigenvalue weighted by molar-refractivity contribution is -0.150. The van der Waals surface area contributed by atoms with Gasteiger partial charge in [0, 0.05) is 19.4 Å². The Balaban J connectivity index is 3.29. The topological polar surface area (TPSA) is 136 Å². The van der Waals surface area contributed by atoms with Crippen LogP contribution in [0.25, 0.3) is 0 Å². The Bertz CT molecular complexity index is 650. The molecule has 0 aromatic heterocycles. The molecule has 0 heterocycles. The lowest BCUT2D eigenvalue weighted by atomic mass is 9.70. The first-order valence-electron chi connectivity index (χ1n) is 8.99. The highest BCUT2D eigenvalue weighted by Crippen LogP contribution is 2.30. The van der Waals surface area contributed by atoms with Crippen molar-refractivity contribution in [1.29, 1.82) is 0 Å². The molecule has 7 nitrogen and oxygen atoms in total. The van der Waals surface area contributed by atoms with Crippen LogP contribution in [-0.4, -0.2) is 40.8 Å². The number of carbonyl (C=O) groups excluding carboxylic acids is 2. The van der Waals surface area contributed by atoms with E-state index in [0.29, 0.717) is 25.7 Å². The van der Waals surface area contributed by atoms with Crippen molar-refractivity contribution in [2.24, 2.45) is 11.5 Å². The van der Waals surface area contributed by atoms with Crippen LogP contribution in [0.2, 0.25) is 0 Å². The summed E-state index contributed by atoms with van der Waals surface area (Å²) >= 11 is 0. The van der Waals surface area contributed by atoms with Crippen LogP contribution in [-0.2, 0) is 20.9 Å². The van der Waals surface area contributed by atoms with E-state index in [4.69, 9.17) is 11.5 Å². The number of aldehydes is 1. The predicted octanol–water partition coefficient (Wildman–Crippen LogP) is 1.16. The number of carboxylic acid groups (broad SMARTS) is 1. The van der Waals surface area contributed by atoms with Gasteiger partial charge in [-0.15, -0.1) is 6.58 Å². The van der Waals surface area contributed by atoms with Gasteiger partial charge >= 0.3 is 5.97 Å². The second-order valence-electron chi connectivity index (χ2n) is 6.50. The zero-order chi connectivity index (χ0) is 20.3. The highest BCUT2D eigenvalue weighted by atomic mass is 16.4. The number of hydrogen-bond donors (Lipinski definition) is 4. The molecule has 0 spiro atoms. The van der Waals surface area contributed by atoms with E-state index < -0.39 is 22.8 Å². The minimum Gasteiger partial charge on any atom is -0.480 e. The van der Waals surface area contributed by atoms with E-state index >= 15 is 0 Å². The van der Waals surface area contributed by atoms with Crippen molar-refractivity contribution in [3.8, 4) is 0 Å². The molecule has 0 amide bonds. The van der Waals surface area contributed by atoms with Gasteiger partial charge in [0.2, 0.25) is 0 Å². The number of carboxylic acids is 1. The number of Topliss-reactive ketones (excluding diaryl/α,β-unsaturated/α-hetero) is 1. The molecule has 1 rings (SSSR count). The van der Waals surface area contributed by atoms with Gasteiger partial charge in [0.1, 0.15) is 17.4 Å². The molecule has 0 aliphatic heterocycles. The fraction of sp³-hybridized carbons (Fsp3) is 0.450. The molecule has 1 aromatic rings. The van der Waals surface area contributed by atoms with Gasteiger partial charge in [-0.3, -0.25) is 14.9 Å². The summed E-state index contributed by atoms with van der Waals surface area (Å²) in [5, 5.41) is 12.9. The lowest BCUT2D eigenvalue weighted by Crippen LogP contribution is -2.73. The van der Waals surface area contributed by atoms with Crippen molar-refractivity contribution >= 4 is 18.0 Å². The molecular formula is C20H29N3O4.